The smallest absolute Gasteiger partial charge is 0.211 e. The molecule has 1 aliphatic carbocycles. The highest BCUT2D eigenvalue weighted by atomic mass is 32.2. The number of hydrogen-bond donors (Lipinski definition) is 0. The lowest BCUT2D eigenvalue weighted by Crippen LogP contribution is -2.32. The molecule has 0 heterocycles. The van der Waals surface area contributed by atoms with Gasteiger partial charge in [-0.3, -0.25) is 0 Å². The van der Waals surface area contributed by atoms with Crippen molar-refractivity contribution in [1.29, 1.82) is 0 Å². The maximum atomic E-state index is 13.9. The molecule has 0 unspecified atom stereocenters. The average molecular weight is 237 g/mol. The van der Waals surface area contributed by atoms with Gasteiger partial charge in [-0.25, -0.2) is 9.18 Å². The third-order valence-corrected chi connectivity index (χ3v) is 3.84. The van der Waals surface area contributed by atoms with Crippen LogP contribution in [0, 0.1) is 5.82 Å². The minimum Gasteiger partial charge on any atom is -0.211 e. The van der Waals surface area contributed by atoms with E-state index in [2.05, 4.69) is 4.99 Å². The van der Waals surface area contributed by atoms with Gasteiger partial charge in [0.1, 0.15) is 11.4 Å². The molecule has 0 bridgehead atoms. The van der Waals surface area contributed by atoms with Gasteiger partial charge in [0, 0.05) is 10.5 Å². The number of halogens is 1. The predicted octanol–water partition coefficient (Wildman–Crippen LogP) is 3.26. The van der Waals surface area contributed by atoms with Crippen LogP contribution in [0.15, 0.2) is 28.1 Å². The fraction of sp³-hybridized carbons (Fsp3) is 0.417. The lowest BCUT2D eigenvalue weighted by Gasteiger charge is -2.37. The van der Waals surface area contributed by atoms with E-state index in [1.54, 1.807) is 12.1 Å². The first kappa shape index (κ1) is 11.4. The molecule has 0 radical (unpaired) electrons. The summed E-state index contributed by atoms with van der Waals surface area (Å²) in [5.74, 6) is -0.273. The predicted molar refractivity (Wildman–Crippen MR) is 61.8 cm³/mol. The Balaban J connectivity index is 2.43. The summed E-state index contributed by atoms with van der Waals surface area (Å²) < 4.78 is 13.9. The van der Waals surface area contributed by atoms with Gasteiger partial charge in [-0.2, -0.15) is 4.99 Å². The van der Waals surface area contributed by atoms with Crippen LogP contribution in [0.2, 0.25) is 0 Å². The highest BCUT2D eigenvalue weighted by Crippen LogP contribution is 2.45. The Hall–Kier alpha value is -1.12. The summed E-state index contributed by atoms with van der Waals surface area (Å²) in [6.07, 6.45) is 5.92. The van der Waals surface area contributed by atoms with Crippen LogP contribution in [-0.4, -0.2) is 12.3 Å². The lowest BCUT2D eigenvalue weighted by atomic mass is 9.72. The van der Waals surface area contributed by atoms with Gasteiger partial charge >= 0.3 is 0 Å². The molecule has 0 atom stereocenters. The zero-order valence-corrected chi connectivity index (χ0v) is 9.81. The van der Waals surface area contributed by atoms with E-state index in [0.717, 1.165) is 24.2 Å². The van der Waals surface area contributed by atoms with Gasteiger partial charge < -0.3 is 0 Å². The van der Waals surface area contributed by atoms with E-state index in [0.29, 0.717) is 5.56 Å². The van der Waals surface area contributed by atoms with Gasteiger partial charge in [-0.05, 0) is 37.7 Å². The quantitative estimate of drug-likeness (QED) is 0.459. The van der Waals surface area contributed by atoms with Crippen LogP contribution < -0.4 is 0 Å². The molecule has 0 N–H and O–H groups in total. The molecule has 1 fully saturated rings. The number of isocyanates is 1. The normalized spacial score (nSPS) is 17.4. The van der Waals surface area contributed by atoms with Crippen LogP contribution in [0.5, 0.6) is 0 Å². The second-order valence-corrected chi connectivity index (χ2v) is 4.81. The molecule has 1 saturated carbocycles. The maximum absolute atomic E-state index is 13.9. The van der Waals surface area contributed by atoms with Crippen molar-refractivity contribution in [2.45, 2.75) is 29.7 Å². The van der Waals surface area contributed by atoms with Gasteiger partial charge in [0.25, 0.3) is 0 Å². The fourth-order valence-electron chi connectivity index (χ4n) is 2.04. The zero-order chi connectivity index (χ0) is 11.6. The number of hydrogen-bond acceptors (Lipinski definition) is 3. The number of nitrogens with zero attached hydrogens (tertiary/aromatic N) is 1. The fourth-order valence-corrected chi connectivity index (χ4v) is 2.47. The van der Waals surface area contributed by atoms with E-state index in [1.807, 2.05) is 12.3 Å². The van der Waals surface area contributed by atoms with E-state index in [1.165, 1.54) is 17.8 Å². The van der Waals surface area contributed by atoms with Crippen molar-refractivity contribution in [3.05, 3.63) is 29.6 Å². The Kier molecular flexibility index (Phi) is 3.13. The van der Waals surface area contributed by atoms with Crippen molar-refractivity contribution >= 4 is 17.8 Å². The molecule has 0 amide bonds. The van der Waals surface area contributed by atoms with Crippen molar-refractivity contribution in [1.82, 2.24) is 0 Å². The minimum atomic E-state index is -0.636. The molecule has 0 spiro atoms. The van der Waals surface area contributed by atoms with Gasteiger partial charge in [0.2, 0.25) is 6.08 Å². The van der Waals surface area contributed by atoms with Gasteiger partial charge in [-0.1, -0.05) is 6.07 Å². The number of carbonyl (C=O) groups excluding carboxylic acids is 1. The molecular formula is C12H12FNOS. The first-order valence-electron chi connectivity index (χ1n) is 5.15. The van der Waals surface area contributed by atoms with Crippen molar-refractivity contribution in [3.63, 3.8) is 0 Å². The number of rotatable bonds is 3. The summed E-state index contributed by atoms with van der Waals surface area (Å²) in [5.41, 5.74) is -0.108. The SMILES string of the molecule is CSc1ccc(C2(N=C=O)CCC2)c(F)c1. The second-order valence-electron chi connectivity index (χ2n) is 3.93. The van der Waals surface area contributed by atoms with Crippen molar-refractivity contribution in [3.8, 4) is 0 Å². The summed E-state index contributed by atoms with van der Waals surface area (Å²) in [4.78, 5) is 15.1. The van der Waals surface area contributed by atoms with E-state index >= 15 is 0 Å². The number of aliphatic imine (C=N–C) groups is 1. The number of thioether (sulfide) groups is 1. The molecule has 0 saturated heterocycles. The lowest BCUT2D eigenvalue weighted by molar-refractivity contribution is 0.247. The molecule has 84 valence electrons. The topological polar surface area (TPSA) is 29.4 Å². The van der Waals surface area contributed by atoms with Crippen molar-refractivity contribution in [2.24, 2.45) is 4.99 Å². The Bertz CT molecular complexity index is 450. The third-order valence-electron chi connectivity index (χ3n) is 3.12. The molecule has 2 nitrogen and oxygen atoms in total. The van der Waals surface area contributed by atoms with Crippen molar-refractivity contribution < 1.29 is 9.18 Å². The van der Waals surface area contributed by atoms with Crippen LogP contribution in [-0.2, 0) is 10.3 Å². The third kappa shape index (κ3) is 1.79. The van der Waals surface area contributed by atoms with Gasteiger partial charge in [0.05, 0.1) is 0 Å². The minimum absolute atomic E-state index is 0.273. The Morgan fingerprint density at radius 1 is 1.50 bits per heavy atom. The molecule has 1 aromatic rings. The molecule has 0 aromatic heterocycles. The number of benzene rings is 1. The summed E-state index contributed by atoms with van der Waals surface area (Å²) >= 11 is 1.49. The summed E-state index contributed by atoms with van der Waals surface area (Å²) in [5, 5.41) is 0. The average Bonchev–Trinajstić information content (AvgIpc) is 2.24. The Morgan fingerprint density at radius 3 is 2.69 bits per heavy atom. The highest BCUT2D eigenvalue weighted by molar-refractivity contribution is 7.98. The van der Waals surface area contributed by atoms with Crippen LogP contribution in [0.25, 0.3) is 0 Å². The molecular weight excluding hydrogens is 225 g/mol. The summed E-state index contributed by atoms with van der Waals surface area (Å²) in [7, 11) is 0. The van der Waals surface area contributed by atoms with E-state index in [-0.39, 0.29) is 5.82 Å². The largest absolute Gasteiger partial charge is 0.235 e. The molecule has 16 heavy (non-hydrogen) atoms. The zero-order valence-electron chi connectivity index (χ0n) is 9.00. The van der Waals surface area contributed by atoms with Gasteiger partial charge in [0.15, 0.2) is 0 Å². The first-order chi connectivity index (χ1) is 7.72. The molecule has 4 heteroatoms. The molecule has 1 aliphatic rings. The van der Waals surface area contributed by atoms with E-state index in [4.69, 9.17) is 0 Å². The molecule has 2 rings (SSSR count). The van der Waals surface area contributed by atoms with Crippen LogP contribution in [0.4, 0.5) is 4.39 Å². The van der Waals surface area contributed by atoms with E-state index in [9.17, 15) is 9.18 Å². The van der Waals surface area contributed by atoms with Crippen molar-refractivity contribution in [2.75, 3.05) is 6.26 Å². The standard InChI is InChI=1S/C12H12FNOS/c1-16-9-3-4-10(11(13)7-9)12(14-8-15)5-2-6-12/h3-4,7H,2,5-6H2,1H3. The van der Waals surface area contributed by atoms with Gasteiger partial charge in [-0.15, -0.1) is 11.8 Å². The highest BCUT2D eigenvalue weighted by Gasteiger charge is 2.40. The maximum Gasteiger partial charge on any atom is 0.235 e. The second kappa shape index (κ2) is 4.40. The first-order valence-corrected chi connectivity index (χ1v) is 6.37. The van der Waals surface area contributed by atoms with E-state index < -0.39 is 5.54 Å². The van der Waals surface area contributed by atoms with Crippen LogP contribution >= 0.6 is 11.8 Å². The molecule has 1 aromatic carbocycles. The van der Waals surface area contributed by atoms with Crippen LogP contribution in [0.3, 0.4) is 0 Å². The summed E-state index contributed by atoms with van der Waals surface area (Å²) in [6, 6.07) is 5.10. The monoisotopic (exact) mass is 237 g/mol. The summed E-state index contributed by atoms with van der Waals surface area (Å²) in [6.45, 7) is 0. The Morgan fingerprint density at radius 2 is 2.25 bits per heavy atom. The van der Waals surface area contributed by atoms with Crippen LogP contribution in [0.1, 0.15) is 24.8 Å². The molecule has 0 aliphatic heterocycles. The Labute approximate surface area is 98.0 Å².